The quantitative estimate of drug-likeness (QED) is 0.881. The summed E-state index contributed by atoms with van der Waals surface area (Å²) >= 11 is 5.79. The van der Waals surface area contributed by atoms with Crippen molar-refractivity contribution in [2.75, 3.05) is 5.32 Å². The van der Waals surface area contributed by atoms with E-state index in [1.165, 1.54) is 12.4 Å². The van der Waals surface area contributed by atoms with E-state index >= 15 is 0 Å². The van der Waals surface area contributed by atoms with Crippen molar-refractivity contribution in [2.24, 2.45) is 5.73 Å². The lowest BCUT2D eigenvalue weighted by Crippen LogP contribution is -2.17. The number of primary amides is 1. The molecule has 2 aromatic rings. The zero-order chi connectivity index (χ0) is 13.0. The minimum atomic E-state index is -0.610. The first kappa shape index (κ1) is 12.3. The van der Waals surface area contributed by atoms with Gasteiger partial charge < -0.3 is 11.1 Å². The van der Waals surface area contributed by atoms with Crippen LogP contribution < -0.4 is 11.1 Å². The van der Waals surface area contributed by atoms with Crippen LogP contribution in [0.1, 0.15) is 16.1 Å². The molecule has 0 radical (unpaired) electrons. The summed E-state index contributed by atoms with van der Waals surface area (Å²) < 4.78 is 0. The van der Waals surface area contributed by atoms with Gasteiger partial charge in [0.2, 0.25) is 0 Å². The van der Waals surface area contributed by atoms with Crippen LogP contribution in [0, 0.1) is 0 Å². The highest BCUT2D eigenvalue weighted by Crippen LogP contribution is 2.12. The predicted molar refractivity (Wildman–Crippen MR) is 69.3 cm³/mol. The Bertz CT molecular complexity index is 556. The van der Waals surface area contributed by atoms with Gasteiger partial charge in [0.1, 0.15) is 0 Å². The Morgan fingerprint density at radius 2 is 1.89 bits per heavy atom. The van der Waals surface area contributed by atoms with Crippen LogP contribution in [-0.4, -0.2) is 15.9 Å². The van der Waals surface area contributed by atoms with Crippen molar-refractivity contribution in [1.82, 2.24) is 9.97 Å². The minimum absolute atomic E-state index is 0.131. The average molecular weight is 263 g/mol. The molecule has 0 unspecified atom stereocenters. The number of rotatable bonds is 4. The third-order valence-corrected chi connectivity index (χ3v) is 2.56. The van der Waals surface area contributed by atoms with Crippen molar-refractivity contribution in [2.45, 2.75) is 6.54 Å². The molecule has 1 amide bonds. The number of aromatic nitrogens is 2. The van der Waals surface area contributed by atoms with Crippen molar-refractivity contribution in [3.05, 3.63) is 52.9 Å². The van der Waals surface area contributed by atoms with Crippen molar-refractivity contribution in [3.8, 4) is 0 Å². The average Bonchev–Trinajstić information content (AvgIpc) is 2.38. The van der Waals surface area contributed by atoms with Crippen molar-refractivity contribution < 1.29 is 4.79 Å². The molecule has 5 nitrogen and oxygen atoms in total. The lowest BCUT2D eigenvalue weighted by molar-refractivity contribution is 0.0996. The second-order valence-electron chi connectivity index (χ2n) is 3.60. The Balaban J connectivity index is 2.10. The second-order valence-corrected chi connectivity index (χ2v) is 4.03. The van der Waals surface area contributed by atoms with E-state index in [1.807, 2.05) is 12.1 Å². The molecule has 3 N–H and O–H groups in total. The van der Waals surface area contributed by atoms with Crippen LogP contribution in [0.2, 0.25) is 5.02 Å². The largest absolute Gasteiger partial charge is 0.364 e. The van der Waals surface area contributed by atoms with E-state index in [0.717, 1.165) is 5.56 Å². The fourth-order valence-electron chi connectivity index (χ4n) is 1.44. The Kier molecular flexibility index (Phi) is 3.74. The lowest BCUT2D eigenvalue weighted by atomic mass is 10.2. The van der Waals surface area contributed by atoms with E-state index in [4.69, 9.17) is 17.3 Å². The van der Waals surface area contributed by atoms with Crippen LogP contribution in [0.3, 0.4) is 0 Å². The van der Waals surface area contributed by atoms with Gasteiger partial charge in [0.15, 0.2) is 11.5 Å². The summed E-state index contributed by atoms with van der Waals surface area (Å²) in [6.07, 6.45) is 2.92. The Morgan fingerprint density at radius 3 is 2.56 bits per heavy atom. The van der Waals surface area contributed by atoms with Gasteiger partial charge in [-0.15, -0.1) is 0 Å². The van der Waals surface area contributed by atoms with Crippen molar-refractivity contribution in [1.29, 1.82) is 0 Å². The van der Waals surface area contributed by atoms with E-state index in [9.17, 15) is 4.79 Å². The standard InChI is InChI=1S/C12H11ClN4O/c13-9-3-1-8(2-4-9)7-17-12-10(11(14)18)15-5-6-16-12/h1-6H,7H2,(H2,14,18)(H,16,17). The lowest BCUT2D eigenvalue weighted by Gasteiger charge is -2.07. The van der Waals surface area contributed by atoms with E-state index in [2.05, 4.69) is 15.3 Å². The number of hydrogen-bond donors (Lipinski definition) is 2. The molecule has 1 heterocycles. The number of anilines is 1. The maximum absolute atomic E-state index is 11.1. The number of carbonyl (C=O) groups excluding carboxylic acids is 1. The number of carbonyl (C=O) groups is 1. The molecular weight excluding hydrogens is 252 g/mol. The third kappa shape index (κ3) is 2.95. The number of halogens is 1. The SMILES string of the molecule is NC(=O)c1nccnc1NCc1ccc(Cl)cc1. The van der Waals surface area contributed by atoms with Crippen LogP contribution in [0.4, 0.5) is 5.82 Å². The summed E-state index contributed by atoms with van der Waals surface area (Å²) in [7, 11) is 0. The monoisotopic (exact) mass is 262 g/mol. The molecule has 0 aliphatic carbocycles. The number of amides is 1. The number of nitrogens with one attached hydrogen (secondary N) is 1. The van der Waals surface area contributed by atoms with Crippen molar-refractivity contribution in [3.63, 3.8) is 0 Å². The molecule has 0 aliphatic rings. The first-order valence-electron chi connectivity index (χ1n) is 5.26. The molecule has 0 saturated heterocycles. The number of benzene rings is 1. The molecular formula is C12H11ClN4O. The molecule has 6 heteroatoms. The normalized spacial score (nSPS) is 10.1. The molecule has 0 aliphatic heterocycles. The third-order valence-electron chi connectivity index (χ3n) is 2.30. The van der Waals surface area contributed by atoms with Gasteiger partial charge in [-0.05, 0) is 17.7 Å². The van der Waals surface area contributed by atoms with Crippen molar-refractivity contribution >= 4 is 23.3 Å². The molecule has 2 rings (SSSR count). The smallest absolute Gasteiger partial charge is 0.271 e. The summed E-state index contributed by atoms with van der Waals surface area (Å²) in [6.45, 7) is 0.510. The van der Waals surface area contributed by atoms with Gasteiger partial charge in [0.25, 0.3) is 5.91 Å². The van der Waals surface area contributed by atoms with Gasteiger partial charge in [0.05, 0.1) is 0 Å². The van der Waals surface area contributed by atoms with Gasteiger partial charge >= 0.3 is 0 Å². The van der Waals surface area contributed by atoms with Crippen LogP contribution in [0.25, 0.3) is 0 Å². The zero-order valence-corrected chi connectivity index (χ0v) is 10.2. The fourth-order valence-corrected chi connectivity index (χ4v) is 1.56. The molecule has 0 atom stereocenters. The molecule has 18 heavy (non-hydrogen) atoms. The second kappa shape index (κ2) is 5.46. The molecule has 1 aromatic heterocycles. The zero-order valence-electron chi connectivity index (χ0n) is 9.43. The molecule has 1 aromatic carbocycles. The minimum Gasteiger partial charge on any atom is -0.364 e. The molecule has 92 valence electrons. The summed E-state index contributed by atoms with van der Waals surface area (Å²) in [4.78, 5) is 19.1. The van der Waals surface area contributed by atoms with Crippen LogP contribution in [-0.2, 0) is 6.54 Å². The van der Waals surface area contributed by atoms with Crippen LogP contribution in [0.5, 0.6) is 0 Å². The van der Waals surface area contributed by atoms with E-state index in [0.29, 0.717) is 17.4 Å². The molecule has 0 fully saturated rings. The molecule has 0 saturated carbocycles. The van der Waals surface area contributed by atoms with Gasteiger partial charge in [0, 0.05) is 24.0 Å². The molecule has 0 bridgehead atoms. The molecule has 0 spiro atoms. The van der Waals surface area contributed by atoms with Crippen LogP contribution >= 0.6 is 11.6 Å². The van der Waals surface area contributed by atoms with Gasteiger partial charge in [-0.3, -0.25) is 4.79 Å². The van der Waals surface area contributed by atoms with Gasteiger partial charge in [-0.1, -0.05) is 23.7 Å². The maximum atomic E-state index is 11.1. The number of hydrogen-bond acceptors (Lipinski definition) is 4. The summed E-state index contributed by atoms with van der Waals surface area (Å²) in [5, 5.41) is 3.69. The Morgan fingerprint density at radius 1 is 1.22 bits per heavy atom. The predicted octanol–water partition coefficient (Wildman–Crippen LogP) is 1.84. The van der Waals surface area contributed by atoms with E-state index < -0.39 is 5.91 Å². The summed E-state index contributed by atoms with van der Waals surface area (Å²) in [5.74, 6) is -0.235. The number of nitrogens with zero attached hydrogens (tertiary/aromatic N) is 2. The fraction of sp³-hybridized carbons (Fsp3) is 0.0833. The Labute approximate surface area is 109 Å². The Hall–Kier alpha value is -2.14. The number of nitrogens with two attached hydrogens (primary N) is 1. The summed E-state index contributed by atoms with van der Waals surface area (Å²) in [5.41, 5.74) is 6.35. The van der Waals surface area contributed by atoms with Crippen LogP contribution in [0.15, 0.2) is 36.7 Å². The van der Waals surface area contributed by atoms with E-state index in [1.54, 1.807) is 12.1 Å². The highest BCUT2D eigenvalue weighted by atomic mass is 35.5. The maximum Gasteiger partial charge on any atom is 0.271 e. The first-order valence-corrected chi connectivity index (χ1v) is 5.64. The first-order chi connectivity index (χ1) is 8.66. The highest BCUT2D eigenvalue weighted by Gasteiger charge is 2.09. The summed E-state index contributed by atoms with van der Waals surface area (Å²) in [6, 6.07) is 7.36. The highest BCUT2D eigenvalue weighted by molar-refractivity contribution is 6.30. The topological polar surface area (TPSA) is 80.9 Å². The van der Waals surface area contributed by atoms with Gasteiger partial charge in [-0.25, -0.2) is 9.97 Å². The van der Waals surface area contributed by atoms with E-state index in [-0.39, 0.29) is 5.69 Å². The van der Waals surface area contributed by atoms with Gasteiger partial charge in [-0.2, -0.15) is 0 Å².